The van der Waals surface area contributed by atoms with Gasteiger partial charge in [0.05, 0.1) is 4.90 Å². The maximum Gasteiger partial charge on any atom is 0.413 e. The van der Waals surface area contributed by atoms with Crippen LogP contribution in [-0.4, -0.2) is 63.5 Å². The Morgan fingerprint density at radius 3 is 2.25 bits per heavy atom. The first-order chi connectivity index (χ1) is 16.7. The molecule has 1 aliphatic rings. The number of pyridine rings is 1. The van der Waals surface area contributed by atoms with E-state index in [4.69, 9.17) is 9.88 Å². The lowest BCUT2D eigenvalue weighted by Gasteiger charge is -2.39. The molecule has 1 fully saturated rings. The number of anilines is 2. The van der Waals surface area contributed by atoms with Gasteiger partial charge in [0.15, 0.2) is 0 Å². The molecule has 0 bridgehead atoms. The summed E-state index contributed by atoms with van der Waals surface area (Å²) in [5.74, 6) is 6.02. The van der Waals surface area contributed by atoms with Gasteiger partial charge < -0.3 is 9.64 Å². The minimum atomic E-state index is -3.88. The van der Waals surface area contributed by atoms with Crippen molar-refractivity contribution in [2.45, 2.75) is 49.1 Å². The minimum absolute atomic E-state index is 0.0114. The van der Waals surface area contributed by atoms with Gasteiger partial charge in [-0.1, -0.05) is 5.92 Å². The van der Waals surface area contributed by atoms with Gasteiger partial charge in [0.1, 0.15) is 22.4 Å². The van der Waals surface area contributed by atoms with Crippen molar-refractivity contribution in [3.8, 4) is 11.8 Å². The van der Waals surface area contributed by atoms with Gasteiger partial charge in [0, 0.05) is 31.5 Å². The first kappa shape index (κ1) is 27.4. The third kappa shape index (κ3) is 6.73. The van der Waals surface area contributed by atoms with Crippen LogP contribution in [0.2, 0.25) is 0 Å². The zero-order valence-electron chi connectivity index (χ0n) is 20.4. The molecule has 0 aliphatic carbocycles. The highest BCUT2D eigenvalue weighted by atomic mass is 32.2. The summed E-state index contributed by atoms with van der Waals surface area (Å²) < 4.78 is 56.1. The van der Waals surface area contributed by atoms with Crippen LogP contribution in [0.15, 0.2) is 52.4 Å². The second-order valence-electron chi connectivity index (χ2n) is 9.01. The topological polar surface area (TPSA) is 152 Å². The van der Waals surface area contributed by atoms with Crippen LogP contribution in [0.5, 0.6) is 0 Å². The van der Waals surface area contributed by atoms with Gasteiger partial charge in [0.2, 0.25) is 20.0 Å². The normalized spacial score (nSPS) is 17.1. The van der Waals surface area contributed by atoms with Crippen molar-refractivity contribution in [1.82, 2.24) is 9.29 Å². The number of carbonyl (C=O) groups is 1. The number of benzene rings is 1. The lowest BCUT2D eigenvalue weighted by atomic mass is 10.1. The molecule has 0 saturated carbocycles. The Hall–Kier alpha value is -3.18. The lowest BCUT2D eigenvalue weighted by molar-refractivity contribution is 0.0635. The van der Waals surface area contributed by atoms with E-state index < -0.39 is 37.8 Å². The molecule has 2 heterocycles. The maximum atomic E-state index is 13.3. The van der Waals surface area contributed by atoms with Crippen LogP contribution in [0, 0.1) is 11.8 Å². The molecular formula is C23H29N5O6S2. The summed E-state index contributed by atoms with van der Waals surface area (Å²) in [7, 11) is -7.70. The number of aromatic nitrogens is 1. The van der Waals surface area contributed by atoms with Gasteiger partial charge in [-0.3, -0.25) is 5.32 Å². The molecule has 1 aliphatic heterocycles. The molecule has 1 unspecified atom stereocenters. The summed E-state index contributed by atoms with van der Waals surface area (Å²) in [6.07, 6.45) is 0.487. The minimum Gasteiger partial charge on any atom is -0.444 e. The van der Waals surface area contributed by atoms with Crippen molar-refractivity contribution < 1.29 is 26.4 Å². The van der Waals surface area contributed by atoms with E-state index in [9.17, 15) is 21.6 Å². The van der Waals surface area contributed by atoms with Gasteiger partial charge in [-0.05, 0) is 64.1 Å². The molecular weight excluding hydrogens is 506 g/mol. The smallest absolute Gasteiger partial charge is 0.413 e. The highest BCUT2D eigenvalue weighted by Crippen LogP contribution is 2.26. The van der Waals surface area contributed by atoms with Crippen molar-refractivity contribution in [3.05, 3.63) is 42.6 Å². The van der Waals surface area contributed by atoms with Crippen LogP contribution in [0.4, 0.5) is 16.3 Å². The maximum absolute atomic E-state index is 13.3. The average Bonchev–Trinajstić information content (AvgIpc) is 2.78. The Morgan fingerprint density at radius 2 is 1.72 bits per heavy atom. The number of nitrogens with one attached hydrogen (secondary N) is 1. The summed E-state index contributed by atoms with van der Waals surface area (Å²) in [6, 6.07) is 8.35. The number of hydrogen-bond donors (Lipinski definition) is 2. The standard InChI is InChI=1S/C23H29N5O6S2/c1-5-6-18-16-27(13-14-28(18)17-7-9-19(10-8-17)35(24,30)31)36(32,33)20-11-12-21(25-15-20)26-22(29)34-23(2,3)4/h7-12,15,18H,13-14,16H2,1-4H3,(H2,24,30,31)(H,25,26,29). The quantitative estimate of drug-likeness (QED) is 0.552. The van der Waals surface area contributed by atoms with E-state index in [0.717, 1.165) is 0 Å². The van der Waals surface area contributed by atoms with E-state index in [0.29, 0.717) is 12.2 Å². The van der Waals surface area contributed by atoms with Crippen LogP contribution >= 0.6 is 0 Å². The number of hydrogen-bond acceptors (Lipinski definition) is 8. The number of rotatable bonds is 5. The summed E-state index contributed by atoms with van der Waals surface area (Å²) in [5.41, 5.74) is 0.0175. The van der Waals surface area contributed by atoms with Gasteiger partial charge >= 0.3 is 6.09 Å². The van der Waals surface area contributed by atoms with Gasteiger partial charge in [0.25, 0.3) is 0 Å². The van der Waals surface area contributed by atoms with Crippen molar-refractivity contribution >= 4 is 37.6 Å². The molecule has 11 nitrogen and oxygen atoms in total. The van der Waals surface area contributed by atoms with Crippen molar-refractivity contribution in [3.63, 3.8) is 0 Å². The molecule has 1 atom stereocenters. The summed E-state index contributed by atoms with van der Waals surface area (Å²) in [5, 5.41) is 7.64. The molecule has 1 aromatic heterocycles. The molecule has 194 valence electrons. The number of amides is 1. The largest absolute Gasteiger partial charge is 0.444 e. The Bertz CT molecular complexity index is 1370. The molecule has 36 heavy (non-hydrogen) atoms. The third-order valence-corrected chi connectivity index (χ3v) is 7.93. The molecule has 0 spiro atoms. The molecule has 2 aromatic rings. The average molecular weight is 536 g/mol. The monoisotopic (exact) mass is 535 g/mol. The van der Waals surface area contributed by atoms with Crippen molar-refractivity contribution in [2.24, 2.45) is 5.14 Å². The van der Waals surface area contributed by atoms with Crippen molar-refractivity contribution in [2.75, 3.05) is 29.9 Å². The fraction of sp³-hybridized carbons (Fsp3) is 0.391. The number of sulfonamides is 2. The van der Waals surface area contributed by atoms with Crippen LogP contribution in [0.1, 0.15) is 27.7 Å². The van der Waals surface area contributed by atoms with E-state index in [1.165, 1.54) is 34.8 Å². The lowest BCUT2D eigenvalue weighted by Crippen LogP contribution is -2.54. The Morgan fingerprint density at radius 1 is 1.08 bits per heavy atom. The van der Waals surface area contributed by atoms with E-state index in [1.54, 1.807) is 39.8 Å². The summed E-state index contributed by atoms with van der Waals surface area (Å²) in [6.45, 7) is 7.45. The number of nitrogens with two attached hydrogens (primary N) is 1. The first-order valence-electron chi connectivity index (χ1n) is 11.0. The zero-order valence-corrected chi connectivity index (χ0v) is 22.1. The highest BCUT2D eigenvalue weighted by Gasteiger charge is 2.34. The van der Waals surface area contributed by atoms with Crippen molar-refractivity contribution in [1.29, 1.82) is 0 Å². The number of piperazine rings is 1. The predicted octanol–water partition coefficient (Wildman–Crippen LogP) is 1.98. The Labute approximate surface area is 211 Å². The molecule has 0 radical (unpaired) electrons. The SMILES string of the molecule is CC#CC1CN(S(=O)(=O)c2ccc(NC(=O)OC(C)(C)C)nc2)CCN1c1ccc(S(N)(=O)=O)cc1. The third-order valence-electron chi connectivity index (χ3n) is 5.15. The van der Waals surface area contributed by atoms with Gasteiger partial charge in [-0.2, -0.15) is 4.31 Å². The Balaban J connectivity index is 1.75. The molecule has 1 saturated heterocycles. The van der Waals surface area contributed by atoms with Crippen LogP contribution in [0.3, 0.4) is 0 Å². The fourth-order valence-electron chi connectivity index (χ4n) is 3.57. The predicted molar refractivity (Wildman–Crippen MR) is 135 cm³/mol. The second-order valence-corrected chi connectivity index (χ2v) is 12.5. The highest BCUT2D eigenvalue weighted by molar-refractivity contribution is 7.89. The van der Waals surface area contributed by atoms with E-state index >= 15 is 0 Å². The van der Waals surface area contributed by atoms with E-state index in [2.05, 4.69) is 22.1 Å². The van der Waals surface area contributed by atoms with E-state index in [-0.39, 0.29) is 28.7 Å². The van der Waals surface area contributed by atoms with Crippen LogP contribution < -0.4 is 15.4 Å². The van der Waals surface area contributed by atoms with E-state index in [1.807, 2.05) is 4.90 Å². The second kappa shape index (κ2) is 10.4. The van der Waals surface area contributed by atoms with Crippen LogP contribution in [0.25, 0.3) is 0 Å². The molecule has 3 N–H and O–H groups in total. The number of carbonyl (C=O) groups excluding carboxylic acids is 1. The molecule has 13 heteroatoms. The molecule has 1 aromatic carbocycles. The number of primary sulfonamides is 1. The van der Waals surface area contributed by atoms with Gasteiger partial charge in [-0.15, -0.1) is 5.92 Å². The first-order valence-corrected chi connectivity index (χ1v) is 14.0. The number of nitrogens with zero attached hydrogens (tertiary/aromatic N) is 3. The van der Waals surface area contributed by atoms with Crippen LogP contribution in [-0.2, 0) is 24.8 Å². The molecule has 1 amide bonds. The number of ether oxygens (including phenoxy) is 1. The van der Waals surface area contributed by atoms with Gasteiger partial charge in [-0.25, -0.2) is 31.8 Å². The summed E-state index contributed by atoms with van der Waals surface area (Å²) in [4.78, 5) is 17.8. The Kier molecular flexibility index (Phi) is 7.94. The zero-order chi connectivity index (χ0) is 26.7. The summed E-state index contributed by atoms with van der Waals surface area (Å²) >= 11 is 0. The molecule has 3 rings (SSSR count). The fourth-order valence-corrected chi connectivity index (χ4v) is 5.47.